The molecule has 1 N–H and O–H groups in total. The molecule has 2 aliphatic rings. The maximum absolute atomic E-state index is 11.8. The summed E-state index contributed by atoms with van der Waals surface area (Å²) in [6.45, 7) is 8.37. The highest BCUT2D eigenvalue weighted by molar-refractivity contribution is 5.82. The van der Waals surface area contributed by atoms with Crippen LogP contribution in [0.3, 0.4) is 0 Å². The number of carbonyl (C=O) groups is 1. The summed E-state index contributed by atoms with van der Waals surface area (Å²) in [5, 5.41) is 3.19. The Hall–Kier alpha value is -0.610. The summed E-state index contributed by atoms with van der Waals surface area (Å²) < 4.78 is 0. The van der Waals surface area contributed by atoms with Gasteiger partial charge in [-0.15, -0.1) is 0 Å². The summed E-state index contributed by atoms with van der Waals surface area (Å²) in [4.78, 5) is 16.3. The second-order valence-electron chi connectivity index (χ2n) is 4.90. The molecule has 1 atom stereocenters. The van der Waals surface area contributed by atoms with Crippen LogP contribution in [-0.4, -0.2) is 61.0 Å². The van der Waals surface area contributed by atoms with Gasteiger partial charge in [-0.3, -0.25) is 4.79 Å². The van der Waals surface area contributed by atoms with Crippen LogP contribution in [0.5, 0.6) is 0 Å². The first-order valence-corrected chi connectivity index (χ1v) is 6.52. The number of amides is 1. The van der Waals surface area contributed by atoms with Crippen molar-refractivity contribution in [2.75, 3.05) is 39.3 Å². The number of carbonyl (C=O) groups excluding carboxylic acids is 1. The second kappa shape index (κ2) is 5.64. The van der Waals surface area contributed by atoms with E-state index in [1.807, 2.05) is 11.8 Å². The number of nitrogens with one attached hydrogen (secondary N) is 1. The zero-order valence-electron chi connectivity index (χ0n) is 10.2. The molecular weight excluding hydrogens is 202 g/mol. The molecule has 1 unspecified atom stereocenters. The molecule has 2 saturated heterocycles. The number of hydrogen-bond acceptors (Lipinski definition) is 3. The first-order chi connectivity index (χ1) is 7.77. The van der Waals surface area contributed by atoms with E-state index in [1.165, 1.54) is 25.9 Å². The van der Waals surface area contributed by atoms with E-state index in [4.69, 9.17) is 0 Å². The molecule has 4 heteroatoms. The minimum Gasteiger partial charge on any atom is -0.340 e. The van der Waals surface area contributed by atoms with Crippen LogP contribution >= 0.6 is 0 Å². The van der Waals surface area contributed by atoms with E-state index in [9.17, 15) is 4.79 Å². The largest absolute Gasteiger partial charge is 0.340 e. The van der Waals surface area contributed by atoms with Crippen LogP contribution in [0.1, 0.15) is 26.2 Å². The van der Waals surface area contributed by atoms with Crippen molar-refractivity contribution in [1.29, 1.82) is 0 Å². The molecule has 0 aromatic carbocycles. The van der Waals surface area contributed by atoms with Gasteiger partial charge in [-0.2, -0.15) is 0 Å². The summed E-state index contributed by atoms with van der Waals surface area (Å²) in [7, 11) is 0. The second-order valence-corrected chi connectivity index (χ2v) is 4.90. The monoisotopic (exact) mass is 225 g/mol. The zero-order chi connectivity index (χ0) is 11.4. The molecule has 0 aromatic heterocycles. The molecule has 2 aliphatic heterocycles. The minimum atomic E-state index is 0.0144. The molecule has 2 heterocycles. The molecule has 0 aromatic rings. The summed E-state index contributed by atoms with van der Waals surface area (Å²) in [5.41, 5.74) is 0. The van der Waals surface area contributed by atoms with Crippen LogP contribution in [0.4, 0.5) is 0 Å². The Morgan fingerprint density at radius 1 is 1.25 bits per heavy atom. The van der Waals surface area contributed by atoms with Crippen LogP contribution in [0.25, 0.3) is 0 Å². The average molecular weight is 225 g/mol. The normalized spacial score (nSPS) is 27.7. The van der Waals surface area contributed by atoms with Crippen LogP contribution in [0.2, 0.25) is 0 Å². The van der Waals surface area contributed by atoms with E-state index >= 15 is 0 Å². The SMILES string of the molecule is CC1NCCN(CCCN2CCCC2)C1=O. The van der Waals surface area contributed by atoms with Crippen LogP contribution in [0.15, 0.2) is 0 Å². The van der Waals surface area contributed by atoms with Crippen LogP contribution in [-0.2, 0) is 4.79 Å². The first kappa shape index (κ1) is 11.9. The number of piperazine rings is 1. The van der Waals surface area contributed by atoms with Gasteiger partial charge in [0.1, 0.15) is 0 Å². The Bertz CT molecular complexity index is 238. The Kier molecular flexibility index (Phi) is 4.18. The molecule has 0 saturated carbocycles. The topological polar surface area (TPSA) is 35.6 Å². The molecule has 1 amide bonds. The molecule has 0 bridgehead atoms. The van der Waals surface area contributed by atoms with Crippen molar-refractivity contribution >= 4 is 5.91 Å². The maximum Gasteiger partial charge on any atom is 0.239 e. The highest BCUT2D eigenvalue weighted by Gasteiger charge is 2.24. The van der Waals surface area contributed by atoms with Gasteiger partial charge in [-0.1, -0.05) is 0 Å². The van der Waals surface area contributed by atoms with Crippen LogP contribution < -0.4 is 5.32 Å². The molecule has 0 spiro atoms. The van der Waals surface area contributed by atoms with E-state index in [-0.39, 0.29) is 11.9 Å². The van der Waals surface area contributed by atoms with Crippen molar-refractivity contribution in [2.45, 2.75) is 32.2 Å². The third-order valence-corrected chi connectivity index (χ3v) is 3.62. The quantitative estimate of drug-likeness (QED) is 0.747. The molecule has 0 radical (unpaired) electrons. The van der Waals surface area contributed by atoms with Gasteiger partial charge < -0.3 is 15.1 Å². The van der Waals surface area contributed by atoms with Gasteiger partial charge in [0.2, 0.25) is 5.91 Å². The summed E-state index contributed by atoms with van der Waals surface area (Å²) in [5.74, 6) is 0.271. The van der Waals surface area contributed by atoms with Gasteiger partial charge in [0.05, 0.1) is 6.04 Å². The van der Waals surface area contributed by atoms with E-state index in [0.717, 1.165) is 32.6 Å². The van der Waals surface area contributed by atoms with E-state index in [1.54, 1.807) is 0 Å². The first-order valence-electron chi connectivity index (χ1n) is 6.52. The van der Waals surface area contributed by atoms with Gasteiger partial charge in [0.15, 0.2) is 0 Å². The Morgan fingerprint density at radius 3 is 2.75 bits per heavy atom. The van der Waals surface area contributed by atoms with Gasteiger partial charge in [-0.05, 0) is 45.8 Å². The van der Waals surface area contributed by atoms with Crippen molar-refractivity contribution in [3.05, 3.63) is 0 Å². The lowest BCUT2D eigenvalue weighted by Gasteiger charge is -2.32. The Labute approximate surface area is 98.0 Å². The summed E-state index contributed by atoms with van der Waals surface area (Å²) in [6.07, 6.45) is 3.83. The predicted octanol–water partition coefficient (Wildman–Crippen LogP) is 0.293. The molecular formula is C12H23N3O. The lowest BCUT2D eigenvalue weighted by molar-refractivity contribution is -0.135. The standard InChI is InChI=1S/C12H23N3O/c1-11-12(16)15(10-5-13-11)9-4-8-14-6-2-3-7-14/h11,13H,2-10H2,1H3. The number of rotatable bonds is 4. The summed E-state index contributed by atoms with van der Waals surface area (Å²) in [6, 6.07) is 0.0144. The van der Waals surface area contributed by atoms with Crippen molar-refractivity contribution < 1.29 is 4.79 Å². The van der Waals surface area contributed by atoms with Crippen molar-refractivity contribution in [2.24, 2.45) is 0 Å². The molecule has 92 valence electrons. The van der Waals surface area contributed by atoms with E-state index < -0.39 is 0 Å². The third-order valence-electron chi connectivity index (χ3n) is 3.62. The smallest absolute Gasteiger partial charge is 0.239 e. The minimum absolute atomic E-state index is 0.0144. The lowest BCUT2D eigenvalue weighted by Crippen LogP contribution is -2.54. The number of nitrogens with zero attached hydrogens (tertiary/aromatic N) is 2. The van der Waals surface area contributed by atoms with Gasteiger partial charge >= 0.3 is 0 Å². The predicted molar refractivity (Wildman–Crippen MR) is 64.3 cm³/mol. The molecule has 2 fully saturated rings. The molecule has 2 rings (SSSR count). The van der Waals surface area contributed by atoms with Crippen molar-refractivity contribution in [1.82, 2.24) is 15.1 Å². The van der Waals surface area contributed by atoms with Crippen molar-refractivity contribution in [3.63, 3.8) is 0 Å². The summed E-state index contributed by atoms with van der Waals surface area (Å²) >= 11 is 0. The fraction of sp³-hybridized carbons (Fsp3) is 0.917. The van der Waals surface area contributed by atoms with E-state index in [0.29, 0.717) is 0 Å². The average Bonchev–Trinajstić information content (AvgIpc) is 2.77. The fourth-order valence-electron chi connectivity index (χ4n) is 2.60. The molecule has 0 aliphatic carbocycles. The fourth-order valence-corrected chi connectivity index (χ4v) is 2.60. The highest BCUT2D eigenvalue weighted by atomic mass is 16.2. The van der Waals surface area contributed by atoms with Crippen LogP contribution in [0, 0.1) is 0 Å². The Balaban J connectivity index is 1.66. The van der Waals surface area contributed by atoms with Crippen molar-refractivity contribution in [3.8, 4) is 0 Å². The van der Waals surface area contributed by atoms with Gasteiger partial charge in [0, 0.05) is 19.6 Å². The number of likely N-dealkylation sites (tertiary alicyclic amines) is 1. The lowest BCUT2D eigenvalue weighted by atomic mass is 10.2. The zero-order valence-corrected chi connectivity index (χ0v) is 10.2. The Morgan fingerprint density at radius 2 is 2.00 bits per heavy atom. The highest BCUT2D eigenvalue weighted by Crippen LogP contribution is 2.08. The number of hydrogen-bond donors (Lipinski definition) is 1. The van der Waals surface area contributed by atoms with E-state index in [2.05, 4.69) is 10.2 Å². The van der Waals surface area contributed by atoms with Gasteiger partial charge in [0.25, 0.3) is 0 Å². The van der Waals surface area contributed by atoms with Gasteiger partial charge in [-0.25, -0.2) is 0 Å². The molecule has 16 heavy (non-hydrogen) atoms. The molecule has 4 nitrogen and oxygen atoms in total. The third kappa shape index (κ3) is 2.95. The maximum atomic E-state index is 11.8.